The average Bonchev–Trinajstić information content (AvgIpc) is 2.43. The van der Waals surface area contributed by atoms with E-state index < -0.39 is 11.0 Å². The molecule has 146 valence electrons. The van der Waals surface area contributed by atoms with Crippen LogP contribution in [0.15, 0.2) is 6.20 Å². The lowest BCUT2D eigenvalue weighted by molar-refractivity contribution is -0.384. The summed E-state index contributed by atoms with van der Waals surface area (Å²) in [4.78, 5) is 30.2. The summed E-state index contributed by atoms with van der Waals surface area (Å²) in [6, 6.07) is 0. The summed E-state index contributed by atoms with van der Waals surface area (Å²) in [7, 11) is 0. The van der Waals surface area contributed by atoms with Gasteiger partial charge in [0.1, 0.15) is 6.20 Å². The van der Waals surface area contributed by atoms with Crippen LogP contribution in [0.5, 0.6) is 0 Å². The lowest BCUT2D eigenvalue weighted by Crippen LogP contribution is -2.41. The van der Waals surface area contributed by atoms with Crippen LogP contribution in [-0.4, -0.2) is 45.2 Å². The van der Waals surface area contributed by atoms with E-state index in [1.165, 1.54) is 0 Å². The second kappa shape index (κ2) is 8.63. The number of carbonyl (C=O) groups is 1. The highest BCUT2D eigenvalue weighted by molar-refractivity contribution is 5.68. The van der Waals surface area contributed by atoms with Gasteiger partial charge in [0.15, 0.2) is 0 Å². The number of hydrogen-bond acceptors (Lipinski definition) is 8. The molecule has 1 aromatic rings. The van der Waals surface area contributed by atoms with Gasteiger partial charge in [-0.25, -0.2) is 9.78 Å². The number of alkyl carbamates (subject to hydrolysis) is 1. The highest BCUT2D eigenvalue weighted by atomic mass is 16.6. The van der Waals surface area contributed by atoms with E-state index in [1.54, 1.807) is 0 Å². The van der Waals surface area contributed by atoms with Crippen LogP contribution in [0.3, 0.4) is 0 Å². The molecule has 0 aliphatic rings. The molecule has 0 fully saturated rings. The van der Waals surface area contributed by atoms with Crippen molar-refractivity contribution in [2.24, 2.45) is 0 Å². The van der Waals surface area contributed by atoms with Crippen LogP contribution in [0.25, 0.3) is 0 Å². The fourth-order valence-electron chi connectivity index (χ4n) is 1.82. The van der Waals surface area contributed by atoms with Crippen LogP contribution < -0.4 is 16.0 Å². The summed E-state index contributed by atoms with van der Waals surface area (Å²) in [6.45, 7) is 11.9. The van der Waals surface area contributed by atoms with Gasteiger partial charge in [-0.05, 0) is 48.0 Å². The molecule has 26 heavy (non-hydrogen) atoms. The molecule has 1 amide bonds. The van der Waals surface area contributed by atoms with Crippen LogP contribution in [0.4, 0.5) is 22.2 Å². The molecule has 10 heteroatoms. The van der Waals surface area contributed by atoms with E-state index in [0.29, 0.717) is 18.9 Å². The Kier molecular flexibility index (Phi) is 7.10. The third-order valence-corrected chi connectivity index (χ3v) is 2.78. The number of anilines is 2. The molecule has 10 nitrogen and oxygen atoms in total. The average molecular weight is 368 g/mol. The maximum atomic E-state index is 11.5. The first-order chi connectivity index (χ1) is 11.9. The van der Waals surface area contributed by atoms with E-state index in [1.807, 2.05) is 41.5 Å². The maximum absolute atomic E-state index is 11.5. The molecule has 0 unspecified atom stereocenters. The molecule has 0 aliphatic heterocycles. The van der Waals surface area contributed by atoms with Gasteiger partial charge in [0, 0.05) is 17.6 Å². The van der Waals surface area contributed by atoms with E-state index in [9.17, 15) is 14.9 Å². The number of amides is 1. The first-order valence-corrected chi connectivity index (χ1v) is 8.36. The Labute approximate surface area is 153 Å². The summed E-state index contributed by atoms with van der Waals surface area (Å²) in [5.74, 6) is 0.419. The van der Waals surface area contributed by atoms with Gasteiger partial charge >= 0.3 is 11.8 Å². The van der Waals surface area contributed by atoms with Crippen LogP contribution in [0, 0.1) is 10.1 Å². The quantitative estimate of drug-likeness (QED) is 0.380. The van der Waals surface area contributed by atoms with Crippen LogP contribution in [-0.2, 0) is 4.74 Å². The minimum atomic E-state index is -0.545. The Hall–Kier alpha value is -2.65. The highest BCUT2D eigenvalue weighted by Gasteiger charge is 2.19. The molecule has 0 atom stereocenters. The Morgan fingerprint density at radius 3 is 2.42 bits per heavy atom. The van der Waals surface area contributed by atoms with Crippen LogP contribution in [0.2, 0.25) is 0 Å². The molecule has 0 spiro atoms. The molecule has 0 aromatic carbocycles. The Morgan fingerprint density at radius 2 is 1.88 bits per heavy atom. The van der Waals surface area contributed by atoms with E-state index in [-0.39, 0.29) is 29.2 Å². The van der Waals surface area contributed by atoms with E-state index >= 15 is 0 Å². The van der Waals surface area contributed by atoms with Crippen molar-refractivity contribution in [3.05, 3.63) is 16.3 Å². The zero-order chi connectivity index (χ0) is 20.0. The standard InChI is InChI=1S/C16H28N6O4/c1-15(2,3)20-13-18-10-11(22(24)25)12(19-13)17-8-7-9-26-14(23)21-16(4,5)6/h10H,7-9H2,1-6H3,(H,21,23)(H2,17,18,19,20). The minimum Gasteiger partial charge on any atom is -0.449 e. The van der Waals surface area contributed by atoms with E-state index in [2.05, 4.69) is 25.9 Å². The second-order valence-corrected chi connectivity index (χ2v) is 7.85. The zero-order valence-corrected chi connectivity index (χ0v) is 16.2. The van der Waals surface area contributed by atoms with Crippen molar-refractivity contribution in [3.8, 4) is 0 Å². The molecule has 0 saturated heterocycles. The van der Waals surface area contributed by atoms with E-state index in [4.69, 9.17) is 4.74 Å². The molecule has 1 aromatic heterocycles. The van der Waals surface area contributed by atoms with E-state index in [0.717, 1.165) is 6.20 Å². The molecule has 0 radical (unpaired) electrons. The van der Waals surface area contributed by atoms with Crippen molar-refractivity contribution in [1.29, 1.82) is 0 Å². The fraction of sp³-hybridized carbons (Fsp3) is 0.688. The lowest BCUT2D eigenvalue weighted by atomic mass is 10.1. The van der Waals surface area contributed by atoms with Gasteiger partial charge in [0.05, 0.1) is 11.5 Å². The molecule has 1 heterocycles. The van der Waals surface area contributed by atoms with Crippen molar-refractivity contribution in [2.45, 2.75) is 59.0 Å². The summed E-state index contributed by atoms with van der Waals surface area (Å²) in [5.41, 5.74) is -0.856. The molecule has 3 N–H and O–H groups in total. The van der Waals surface area contributed by atoms with Crippen molar-refractivity contribution < 1.29 is 14.5 Å². The largest absolute Gasteiger partial charge is 0.449 e. The SMILES string of the molecule is CC(C)(C)NC(=O)OCCCNc1nc(NC(C)(C)C)ncc1[N+](=O)[O-]. The molecule has 1 rings (SSSR count). The Balaban J connectivity index is 2.58. The lowest BCUT2D eigenvalue weighted by Gasteiger charge is -2.20. The Bertz CT molecular complexity index is 637. The van der Waals surface area contributed by atoms with Gasteiger partial charge in [-0.15, -0.1) is 0 Å². The van der Waals surface area contributed by atoms with Gasteiger partial charge in [-0.1, -0.05) is 0 Å². The number of ether oxygens (including phenoxy) is 1. The predicted molar refractivity (Wildman–Crippen MR) is 99.4 cm³/mol. The number of nitrogens with zero attached hydrogens (tertiary/aromatic N) is 3. The summed E-state index contributed by atoms with van der Waals surface area (Å²) < 4.78 is 5.05. The Morgan fingerprint density at radius 1 is 1.23 bits per heavy atom. The normalized spacial score (nSPS) is 11.6. The monoisotopic (exact) mass is 368 g/mol. The van der Waals surface area contributed by atoms with Gasteiger partial charge in [-0.2, -0.15) is 4.98 Å². The molecular weight excluding hydrogens is 340 g/mol. The first kappa shape index (κ1) is 21.4. The number of hydrogen-bond donors (Lipinski definition) is 3. The van der Waals surface area contributed by atoms with Crippen molar-refractivity contribution in [1.82, 2.24) is 15.3 Å². The summed E-state index contributed by atoms with van der Waals surface area (Å²) >= 11 is 0. The smallest absolute Gasteiger partial charge is 0.407 e. The molecule has 0 bridgehead atoms. The molecule has 0 saturated carbocycles. The number of aromatic nitrogens is 2. The third kappa shape index (κ3) is 8.45. The van der Waals surface area contributed by atoms with Crippen molar-refractivity contribution in [3.63, 3.8) is 0 Å². The number of rotatable bonds is 7. The van der Waals surface area contributed by atoms with Crippen molar-refractivity contribution >= 4 is 23.5 Å². The fourth-order valence-corrected chi connectivity index (χ4v) is 1.82. The minimum absolute atomic E-state index is 0.121. The van der Waals surface area contributed by atoms with Crippen LogP contribution >= 0.6 is 0 Å². The summed E-state index contributed by atoms with van der Waals surface area (Å²) in [5, 5.41) is 19.8. The van der Waals surface area contributed by atoms with Gasteiger partial charge in [0.2, 0.25) is 11.8 Å². The number of nitrogens with one attached hydrogen (secondary N) is 3. The first-order valence-electron chi connectivity index (χ1n) is 8.36. The third-order valence-electron chi connectivity index (χ3n) is 2.78. The molecule has 0 aliphatic carbocycles. The second-order valence-electron chi connectivity index (χ2n) is 7.85. The van der Waals surface area contributed by atoms with Gasteiger partial charge in [-0.3, -0.25) is 10.1 Å². The van der Waals surface area contributed by atoms with Gasteiger partial charge in [0.25, 0.3) is 0 Å². The maximum Gasteiger partial charge on any atom is 0.407 e. The number of nitro groups is 1. The highest BCUT2D eigenvalue weighted by Crippen LogP contribution is 2.23. The predicted octanol–water partition coefficient (Wildman–Crippen LogP) is 2.92. The number of carbonyl (C=O) groups excluding carboxylic acids is 1. The van der Waals surface area contributed by atoms with Crippen LogP contribution in [0.1, 0.15) is 48.0 Å². The van der Waals surface area contributed by atoms with Gasteiger partial charge < -0.3 is 20.7 Å². The topological polar surface area (TPSA) is 131 Å². The van der Waals surface area contributed by atoms with Crippen molar-refractivity contribution in [2.75, 3.05) is 23.8 Å². The molecular formula is C16H28N6O4. The summed E-state index contributed by atoms with van der Waals surface area (Å²) in [6.07, 6.45) is 1.14. The zero-order valence-electron chi connectivity index (χ0n) is 16.2.